The third kappa shape index (κ3) is 5.42. The van der Waals surface area contributed by atoms with Crippen LogP contribution in [-0.4, -0.2) is 16.0 Å². The maximum absolute atomic E-state index is 14.1. The highest BCUT2D eigenvalue weighted by atomic mass is 32.2. The molecule has 4 nitrogen and oxygen atoms in total. The summed E-state index contributed by atoms with van der Waals surface area (Å²) in [6, 6.07) is 42.0. The van der Waals surface area contributed by atoms with E-state index in [9.17, 15) is 4.79 Å². The van der Waals surface area contributed by atoms with Crippen molar-refractivity contribution in [3.8, 4) is 5.75 Å². The van der Waals surface area contributed by atoms with E-state index in [4.69, 9.17) is 9.73 Å². The van der Waals surface area contributed by atoms with Gasteiger partial charge in [0.1, 0.15) is 12.4 Å². The van der Waals surface area contributed by atoms with E-state index in [-0.39, 0.29) is 11.9 Å². The van der Waals surface area contributed by atoms with Gasteiger partial charge in [0, 0.05) is 5.56 Å². The summed E-state index contributed by atoms with van der Waals surface area (Å²) in [5, 5.41) is 2.78. The molecule has 0 aliphatic carbocycles. The Hall–Kier alpha value is -4.61. The quantitative estimate of drug-likeness (QED) is 0.194. The Morgan fingerprint density at radius 3 is 2.20 bits per heavy atom. The molecule has 1 heterocycles. The molecule has 0 N–H and O–H groups in total. The summed E-state index contributed by atoms with van der Waals surface area (Å²) in [6.07, 6.45) is 1.97. The van der Waals surface area contributed by atoms with E-state index >= 15 is 0 Å². The first-order valence-electron chi connectivity index (χ1n) is 13.3. The minimum Gasteiger partial charge on any atom is -0.488 e. The molecule has 0 spiro atoms. The predicted molar refractivity (Wildman–Crippen MR) is 166 cm³/mol. The standard InChI is InChI=1S/C35H28N2O2S/c1-25(27-15-7-3-8-16-27)37-34(38)33(40-35(37)36-29-18-9-4-10-19-29)23-31-30-20-12-11-17-28(30)21-22-32(31)39-24-26-13-5-2-6-14-26/h2-23,25H,24H2,1H3/b33-23+,36-35?/t25-/m0/s1. The smallest absolute Gasteiger partial charge is 0.267 e. The van der Waals surface area contributed by atoms with Gasteiger partial charge in [-0.2, -0.15) is 0 Å². The van der Waals surface area contributed by atoms with Crippen LogP contribution in [0.15, 0.2) is 137 Å². The molecule has 0 bridgehead atoms. The first-order valence-corrected chi connectivity index (χ1v) is 14.1. The average molecular weight is 541 g/mol. The second kappa shape index (κ2) is 11.6. The summed E-state index contributed by atoms with van der Waals surface area (Å²) >= 11 is 1.40. The SMILES string of the molecule is C[C@@H](c1ccccc1)N1C(=O)/C(=C\c2c(OCc3ccccc3)ccc3ccccc23)SC1=Nc1ccccc1. The van der Waals surface area contributed by atoms with Gasteiger partial charge in [-0.25, -0.2) is 4.99 Å². The number of rotatable bonds is 7. The molecular formula is C35H28N2O2S. The van der Waals surface area contributed by atoms with Crippen LogP contribution in [0.25, 0.3) is 16.8 Å². The summed E-state index contributed by atoms with van der Waals surface area (Å²) in [7, 11) is 0. The molecule has 1 fully saturated rings. The van der Waals surface area contributed by atoms with Crippen molar-refractivity contribution in [2.24, 2.45) is 4.99 Å². The van der Waals surface area contributed by atoms with Crippen LogP contribution in [0.4, 0.5) is 5.69 Å². The molecule has 0 radical (unpaired) electrons. The van der Waals surface area contributed by atoms with Crippen LogP contribution >= 0.6 is 11.8 Å². The van der Waals surface area contributed by atoms with Crippen LogP contribution in [-0.2, 0) is 11.4 Å². The second-order valence-corrected chi connectivity index (χ2v) is 10.6. The van der Waals surface area contributed by atoms with E-state index in [0.29, 0.717) is 16.7 Å². The monoisotopic (exact) mass is 540 g/mol. The molecule has 40 heavy (non-hydrogen) atoms. The number of aliphatic imine (C=N–C) groups is 1. The lowest BCUT2D eigenvalue weighted by molar-refractivity contribution is -0.123. The maximum Gasteiger partial charge on any atom is 0.267 e. The zero-order chi connectivity index (χ0) is 27.3. The van der Waals surface area contributed by atoms with E-state index in [2.05, 4.69) is 18.2 Å². The Balaban J connectivity index is 1.43. The van der Waals surface area contributed by atoms with Crippen LogP contribution in [0.1, 0.15) is 29.7 Å². The zero-order valence-corrected chi connectivity index (χ0v) is 22.9. The number of amides is 1. The zero-order valence-electron chi connectivity index (χ0n) is 22.1. The van der Waals surface area contributed by atoms with Crippen molar-refractivity contribution in [3.63, 3.8) is 0 Å². The molecule has 0 aromatic heterocycles. The number of para-hydroxylation sites is 1. The third-order valence-electron chi connectivity index (χ3n) is 6.93. The molecule has 5 heteroatoms. The van der Waals surface area contributed by atoms with Crippen molar-refractivity contribution in [2.45, 2.75) is 19.6 Å². The number of ether oxygens (including phenoxy) is 1. The Kier molecular flexibility index (Phi) is 7.47. The van der Waals surface area contributed by atoms with E-state index in [1.165, 1.54) is 11.8 Å². The van der Waals surface area contributed by atoms with Crippen LogP contribution < -0.4 is 4.74 Å². The van der Waals surface area contributed by atoms with Crippen molar-refractivity contribution in [1.82, 2.24) is 4.90 Å². The number of fused-ring (bicyclic) bond motifs is 1. The summed E-state index contributed by atoms with van der Waals surface area (Å²) in [5.41, 5.74) is 3.83. The van der Waals surface area contributed by atoms with Gasteiger partial charge in [0.25, 0.3) is 5.91 Å². The molecule has 1 aliphatic rings. The van der Waals surface area contributed by atoms with Crippen molar-refractivity contribution in [2.75, 3.05) is 0 Å². The molecule has 1 amide bonds. The molecule has 196 valence electrons. The van der Waals surface area contributed by atoms with Crippen LogP contribution in [0, 0.1) is 0 Å². The van der Waals surface area contributed by atoms with Gasteiger partial charge in [0.15, 0.2) is 5.17 Å². The summed E-state index contributed by atoms with van der Waals surface area (Å²) < 4.78 is 6.33. The van der Waals surface area contributed by atoms with Gasteiger partial charge in [-0.3, -0.25) is 9.69 Å². The molecule has 6 rings (SSSR count). The highest BCUT2D eigenvalue weighted by Gasteiger charge is 2.37. The lowest BCUT2D eigenvalue weighted by atomic mass is 10.0. The average Bonchev–Trinajstić information content (AvgIpc) is 3.31. The number of nitrogens with zero attached hydrogens (tertiary/aromatic N) is 2. The van der Waals surface area contributed by atoms with Gasteiger partial charge < -0.3 is 4.74 Å². The minimum absolute atomic E-state index is 0.0713. The number of hydrogen-bond donors (Lipinski definition) is 0. The van der Waals surface area contributed by atoms with Crippen molar-refractivity contribution >= 4 is 45.4 Å². The van der Waals surface area contributed by atoms with Gasteiger partial charge in [-0.15, -0.1) is 0 Å². The van der Waals surface area contributed by atoms with E-state index in [1.54, 1.807) is 4.90 Å². The highest BCUT2D eigenvalue weighted by Crippen LogP contribution is 2.41. The first kappa shape index (κ1) is 25.7. The minimum atomic E-state index is -0.184. The molecule has 1 aliphatic heterocycles. The number of hydrogen-bond acceptors (Lipinski definition) is 4. The fourth-order valence-electron chi connectivity index (χ4n) is 4.82. The normalized spacial score (nSPS) is 16.1. The molecule has 5 aromatic rings. The lowest BCUT2D eigenvalue weighted by Gasteiger charge is -2.24. The lowest BCUT2D eigenvalue weighted by Crippen LogP contribution is -2.32. The summed E-state index contributed by atoms with van der Waals surface area (Å²) in [6.45, 7) is 2.48. The number of carbonyl (C=O) groups excluding carboxylic acids is 1. The maximum atomic E-state index is 14.1. The molecule has 1 saturated heterocycles. The van der Waals surface area contributed by atoms with Crippen molar-refractivity contribution < 1.29 is 9.53 Å². The van der Waals surface area contributed by atoms with E-state index in [1.807, 2.05) is 122 Å². The predicted octanol–water partition coefficient (Wildman–Crippen LogP) is 8.78. The van der Waals surface area contributed by atoms with Crippen molar-refractivity contribution in [1.29, 1.82) is 0 Å². The summed E-state index contributed by atoms with van der Waals surface area (Å²) in [5.74, 6) is 0.664. The third-order valence-corrected chi connectivity index (χ3v) is 7.91. The molecule has 5 aromatic carbocycles. The van der Waals surface area contributed by atoms with E-state index < -0.39 is 0 Å². The fourth-order valence-corrected chi connectivity index (χ4v) is 5.87. The number of thioether (sulfide) groups is 1. The van der Waals surface area contributed by atoms with Gasteiger partial charge in [0.2, 0.25) is 0 Å². The fraction of sp³-hybridized carbons (Fsp3) is 0.0857. The number of carbonyl (C=O) groups is 1. The second-order valence-electron chi connectivity index (χ2n) is 9.58. The summed E-state index contributed by atoms with van der Waals surface area (Å²) in [4.78, 5) is 21.4. The Bertz CT molecular complexity index is 1700. The number of amidine groups is 1. The largest absolute Gasteiger partial charge is 0.488 e. The van der Waals surface area contributed by atoms with Gasteiger partial charge >= 0.3 is 0 Å². The number of benzene rings is 5. The highest BCUT2D eigenvalue weighted by molar-refractivity contribution is 8.18. The van der Waals surface area contributed by atoms with Gasteiger partial charge in [-0.05, 0) is 64.9 Å². The van der Waals surface area contributed by atoms with Gasteiger partial charge in [0.05, 0.1) is 16.6 Å². The molecule has 1 atom stereocenters. The molecule has 0 unspecified atom stereocenters. The molecule has 0 saturated carbocycles. The first-order chi connectivity index (χ1) is 19.7. The Morgan fingerprint density at radius 1 is 0.800 bits per heavy atom. The topological polar surface area (TPSA) is 41.9 Å². The van der Waals surface area contributed by atoms with Crippen LogP contribution in [0.2, 0.25) is 0 Å². The Morgan fingerprint density at radius 2 is 1.45 bits per heavy atom. The Labute approximate surface area is 238 Å². The van der Waals surface area contributed by atoms with E-state index in [0.717, 1.165) is 38.9 Å². The molecular weight excluding hydrogens is 512 g/mol. The van der Waals surface area contributed by atoms with Gasteiger partial charge in [-0.1, -0.05) is 109 Å². The van der Waals surface area contributed by atoms with Crippen molar-refractivity contribution in [3.05, 3.63) is 149 Å². The van der Waals surface area contributed by atoms with Crippen LogP contribution in [0.3, 0.4) is 0 Å². The van der Waals surface area contributed by atoms with Crippen LogP contribution in [0.5, 0.6) is 5.75 Å².